The van der Waals surface area contributed by atoms with E-state index in [0.717, 1.165) is 57.3 Å². The van der Waals surface area contributed by atoms with Gasteiger partial charge in [0.15, 0.2) is 0 Å². The summed E-state index contributed by atoms with van der Waals surface area (Å²) in [6.07, 6.45) is 5.61. The van der Waals surface area contributed by atoms with E-state index in [1.54, 1.807) is 0 Å². The van der Waals surface area contributed by atoms with Crippen LogP contribution in [0.3, 0.4) is 0 Å². The SMILES string of the molecule is N#Cc1ccc(N2CCC(NC(=O)NC3(CO)CCCC3)CC2)cc1. The third-order valence-corrected chi connectivity index (χ3v) is 5.43. The number of nitrogens with zero attached hydrogens (tertiary/aromatic N) is 2. The number of aliphatic hydroxyl groups is 1. The molecule has 1 saturated carbocycles. The van der Waals surface area contributed by atoms with Gasteiger partial charge in [-0.15, -0.1) is 0 Å². The van der Waals surface area contributed by atoms with Crippen LogP contribution in [0.25, 0.3) is 0 Å². The molecule has 0 spiro atoms. The number of anilines is 1. The minimum absolute atomic E-state index is 0.0115. The first-order valence-electron chi connectivity index (χ1n) is 9.09. The normalized spacial score (nSPS) is 20.1. The van der Waals surface area contributed by atoms with E-state index in [-0.39, 0.29) is 18.7 Å². The third-order valence-electron chi connectivity index (χ3n) is 5.43. The van der Waals surface area contributed by atoms with Crippen LogP contribution in [0.4, 0.5) is 10.5 Å². The Labute approximate surface area is 148 Å². The van der Waals surface area contributed by atoms with Crippen molar-refractivity contribution in [1.29, 1.82) is 5.26 Å². The molecule has 0 unspecified atom stereocenters. The predicted molar refractivity (Wildman–Crippen MR) is 96.3 cm³/mol. The predicted octanol–water partition coefficient (Wildman–Crippen LogP) is 2.13. The van der Waals surface area contributed by atoms with E-state index < -0.39 is 5.54 Å². The second kappa shape index (κ2) is 7.75. The fourth-order valence-electron chi connectivity index (χ4n) is 3.87. The van der Waals surface area contributed by atoms with Crippen molar-refractivity contribution in [2.75, 3.05) is 24.6 Å². The smallest absolute Gasteiger partial charge is 0.315 e. The number of benzene rings is 1. The van der Waals surface area contributed by atoms with Crippen LogP contribution in [0.5, 0.6) is 0 Å². The summed E-state index contributed by atoms with van der Waals surface area (Å²) < 4.78 is 0. The summed E-state index contributed by atoms with van der Waals surface area (Å²) >= 11 is 0. The maximum absolute atomic E-state index is 12.3. The topological polar surface area (TPSA) is 88.4 Å². The van der Waals surface area contributed by atoms with Gasteiger partial charge in [0.25, 0.3) is 0 Å². The molecule has 1 aliphatic carbocycles. The molecule has 1 heterocycles. The average molecular weight is 342 g/mol. The number of nitriles is 1. The number of carbonyl (C=O) groups is 1. The highest BCUT2D eigenvalue weighted by Gasteiger charge is 2.35. The highest BCUT2D eigenvalue weighted by atomic mass is 16.3. The van der Waals surface area contributed by atoms with Gasteiger partial charge in [0.2, 0.25) is 0 Å². The Kier molecular flexibility index (Phi) is 5.44. The molecule has 6 nitrogen and oxygen atoms in total. The fourth-order valence-corrected chi connectivity index (χ4v) is 3.87. The Bertz CT molecular complexity index is 624. The maximum Gasteiger partial charge on any atom is 0.315 e. The fraction of sp³-hybridized carbons (Fsp3) is 0.579. The van der Waals surface area contributed by atoms with Crippen molar-refractivity contribution in [2.24, 2.45) is 0 Å². The molecule has 1 aromatic rings. The van der Waals surface area contributed by atoms with E-state index in [1.165, 1.54) is 0 Å². The van der Waals surface area contributed by atoms with Gasteiger partial charge in [0, 0.05) is 24.8 Å². The summed E-state index contributed by atoms with van der Waals surface area (Å²) in [5.74, 6) is 0. The molecule has 0 atom stereocenters. The molecule has 1 aromatic carbocycles. The van der Waals surface area contributed by atoms with Crippen molar-refractivity contribution < 1.29 is 9.90 Å². The van der Waals surface area contributed by atoms with Crippen LogP contribution in [-0.2, 0) is 0 Å². The highest BCUT2D eigenvalue weighted by Crippen LogP contribution is 2.29. The summed E-state index contributed by atoms with van der Waals surface area (Å²) in [6.45, 7) is 1.77. The monoisotopic (exact) mass is 342 g/mol. The molecule has 2 fully saturated rings. The zero-order chi connectivity index (χ0) is 17.7. The van der Waals surface area contributed by atoms with Crippen LogP contribution in [0.2, 0.25) is 0 Å². The van der Waals surface area contributed by atoms with Crippen LogP contribution in [0.15, 0.2) is 24.3 Å². The Hall–Kier alpha value is -2.26. The number of piperidine rings is 1. The van der Waals surface area contributed by atoms with Crippen molar-refractivity contribution in [3.8, 4) is 6.07 Å². The zero-order valence-electron chi connectivity index (χ0n) is 14.5. The lowest BCUT2D eigenvalue weighted by molar-refractivity contribution is 0.161. The van der Waals surface area contributed by atoms with Gasteiger partial charge in [0.05, 0.1) is 23.8 Å². The van der Waals surface area contributed by atoms with Gasteiger partial charge < -0.3 is 20.6 Å². The molecule has 2 aliphatic rings. The molecule has 1 saturated heterocycles. The third kappa shape index (κ3) is 4.23. The lowest BCUT2D eigenvalue weighted by Gasteiger charge is -2.35. The first-order valence-corrected chi connectivity index (χ1v) is 9.09. The van der Waals surface area contributed by atoms with E-state index >= 15 is 0 Å². The summed E-state index contributed by atoms with van der Waals surface area (Å²) in [6, 6.07) is 9.76. The van der Waals surface area contributed by atoms with Crippen LogP contribution in [-0.4, -0.2) is 42.4 Å². The molecular weight excluding hydrogens is 316 g/mol. The molecule has 2 amide bonds. The van der Waals surface area contributed by atoms with E-state index in [1.807, 2.05) is 24.3 Å². The van der Waals surface area contributed by atoms with Crippen LogP contribution < -0.4 is 15.5 Å². The van der Waals surface area contributed by atoms with Gasteiger partial charge in [-0.2, -0.15) is 5.26 Å². The Balaban J connectivity index is 1.47. The van der Waals surface area contributed by atoms with E-state index in [2.05, 4.69) is 21.6 Å². The molecule has 25 heavy (non-hydrogen) atoms. The number of carbonyl (C=O) groups excluding carboxylic acids is 1. The molecule has 6 heteroatoms. The number of urea groups is 1. The number of rotatable bonds is 4. The quantitative estimate of drug-likeness (QED) is 0.782. The Morgan fingerprint density at radius 3 is 2.44 bits per heavy atom. The number of amides is 2. The molecule has 134 valence electrons. The van der Waals surface area contributed by atoms with Crippen molar-refractivity contribution >= 4 is 11.7 Å². The van der Waals surface area contributed by atoms with Crippen molar-refractivity contribution in [3.05, 3.63) is 29.8 Å². The molecule has 3 N–H and O–H groups in total. The number of aliphatic hydroxyl groups excluding tert-OH is 1. The lowest BCUT2D eigenvalue weighted by atomic mass is 9.99. The van der Waals surface area contributed by atoms with Gasteiger partial charge in [-0.3, -0.25) is 0 Å². The van der Waals surface area contributed by atoms with Crippen molar-refractivity contribution in [3.63, 3.8) is 0 Å². The summed E-state index contributed by atoms with van der Waals surface area (Å²) in [7, 11) is 0. The Morgan fingerprint density at radius 2 is 1.88 bits per heavy atom. The number of hydrogen-bond acceptors (Lipinski definition) is 4. The van der Waals surface area contributed by atoms with Crippen molar-refractivity contribution in [1.82, 2.24) is 10.6 Å². The maximum atomic E-state index is 12.3. The van der Waals surface area contributed by atoms with E-state index in [4.69, 9.17) is 5.26 Å². The van der Waals surface area contributed by atoms with E-state index in [0.29, 0.717) is 5.56 Å². The van der Waals surface area contributed by atoms with Crippen LogP contribution >= 0.6 is 0 Å². The van der Waals surface area contributed by atoms with Gasteiger partial charge in [-0.25, -0.2) is 4.79 Å². The lowest BCUT2D eigenvalue weighted by Crippen LogP contribution is -2.56. The molecule has 0 bridgehead atoms. The molecule has 0 aromatic heterocycles. The van der Waals surface area contributed by atoms with Crippen LogP contribution in [0, 0.1) is 11.3 Å². The van der Waals surface area contributed by atoms with Crippen LogP contribution in [0.1, 0.15) is 44.1 Å². The van der Waals surface area contributed by atoms with E-state index in [9.17, 15) is 9.90 Å². The largest absolute Gasteiger partial charge is 0.394 e. The summed E-state index contributed by atoms with van der Waals surface area (Å²) in [4.78, 5) is 14.6. The molecular formula is C19H26N4O2. The minimum atomic E-state index is -0.423. The van der Waals surface area contributed by atoms with Gasteiger partial charge in [-0.05, 0) is 49.9 Å². The average Bonchev–Trinajstić information content (AvgIpc) is 3.11. The summed E-state index contributed by atoms with van der Waals surface area (Å²) in [5, 5.41) is 24.5. The first-order chi connectivity index (χ1) is 12.1. The van der Waals surface area contributed by atoms with Crippen molar-refractivity contribution in [2.45, 2.75) is 50.1 Å². The van der Waals surface area contributed by atoms with Gasteiger partial charge in [-0.1, -0.05) is 12.8 Å². The summed E-state index contributed by atoms with van der Waals surface area (Å²) in [5.41, 5.74) is 1.36. The molecule has 0 radical (unpaired) electrons. The number of hydrogen-bond donors (Lipinski definition) is 3. The molecule has 1 aliphatic heterocycles. The van der Waals surface area contributed by atoms with Gasteiger partial charge in [0.1, 0.15) is 0 Å². The standard InChI is InChI=1S/C19H26N4O2/c20-13-15-3-5-17(6-4-15)23-11-7-16(8-12-23)21-18(25)22-19(14-24)9-1-2-10-19/h3-6,16,24H,1-2,7-12,14H2,(H2,21,22,25). The highest BCUT2D eigenvalue weighted by molar-refractivity contribution is 5.75. The minimum Gasteiger partial charge on any atom is -0.394 e. The first kappa shape index (κ1) is 17.6. The number of nitrogens with one attached hydrogen (secondary N) is 2. The zero-order valence-corrected chi connectivity index (χ0v) is 14.5. The second-order valence-electron chi connectivity index (χ2n) is 7.16. The second-order valence-corrected chi connectivity index (χ2v) is 7.16. The Morgan fingerprint density at radius 1 is 1.24 bits per heavy atom. The molecule has 3 rings (SSSR count). The van der Waals surface area contributed by atoms with Gasteiger partial charge >= 0.3 is 6.03 Å².